The van der Waals surface area contributed by atoms with Gasteiger partial charge in [-0.05, 0) is 19.1 Å². The maximum absolute atomic E-state index is 5.61. The van der Waals surface area contributed by atoms with E-state index in [4.69, 9.17) is 5.73 Å². The first-order valence-electron chi connectivity index (χ1n) is 5.64. The minimum absolute atomic E-state index is 0.650. The molecule has 4 heteroatoms. The number of imidazole rings is 1. The summed E-state index contributed by atoms with van der Waals surface area (Å²) in [7, 11) is 2.05. The molecule has 1 heterocycles. The SMILES string of the molecule is CCN(CCN)c1nc2ccccc2n1C. The van der Waals surface area contributed by atoms with Gasteiger partial charge in [0.05, 0.1) is 11.0 Å². The van der Waals surface area contributed by atoms with Crippen molar-refractivity contribution >= 4 is 17.0 Å². The highest BCUT2D eigenvalue weighted by Crippen LogP contribution is 2.20. The summed E-state index contributed by atoms with van der Waals surface area (Å²) in [5, 5.41) is 0. The molecular formula is C12H18N4. The molecule has 2 N–H and O–H groups in total. The van der Waals surface area contributed by atoms with Crippen molar-refractivity contribution in [3.8, 4) is 0 Å². The molecule has 1 aromatic carbocycles. The van der Waals surface area contributed by atoms with E-state index in [1.807, 2.05) is 25.2 Å². The van der Waals surface area contributed by atoms with Crippen LogP contribution < -0.4 is 10.6 Å². The molecule has 0 atom stereocenters. The predicted molar refractivity (Wildman–Crippen MR) is 67.7 cm³/mol. The van der Waals surface area contributed by atoms with Crippen LogP contribution >= 0.6 is 0 Å². The second-order valence-corrected chi connectivity index (χ2v) is 3.83. The summed E-state index contributed by atoms with van der Waals surface area (Å²) in [6.07, 6.45) is 0. The van der Waals surface area contributed by atoms with Crippen LogP contribution in [0.1, 0.15) is 6.92 Å². The fourth-order valence-electron chi connectivity index (χ4n) is 1.97. The molecule has 0 amide bonds. The number of aryl methyl sites for hydroxylation is 1. The number of likely N-dealkylation sites (N-methyl/N-ethyl adjacent to an activating group) is 1. The average molecular weight is 218 g/mol. The smallest absolute Gasteiger partial charge is 0.206 e. The maximum Gasteiger partial charge on any atom is 0.206 e. The summed E-state index contributed by atoms with van der Waals surface area (Å²) in [6, 6.07) is 8.17. The summed E-state index contributed by atoms with van der Waals surface area (Å²) < 4.78 is 2.12. The van der Waals surface area contributed by atoms with E-state index in [2.05, 4.69) is 27.4 Å². The van der Waals surface area contributed by atoms with Crippen LogP contribution in [0.3, 0.4) is 0 Å². The van der Waals surface area contributed by atoms with Crippen LogP contribution in [-0.4, -0.2) is 29.2 Å². The van der Waals surface area contributed by atoms with Gasteiger partial charge in [0.1, 0.15) is 0 Å². The van der Waals surface area contributed by atoms with Gasteiger partial charge >= 0.3 is 0 Å². The number of para-hydroxylation sites is 2. The maximum atomic E-state index is 5.61. The Morgan fingerprint density at radius 3 is 2.75 bits per heavy atom. The normalized spacial score (nSPS) is 10.9. The Kier molecular flexibility index (Phi) is 3.10. The van der Waals surface area contributed by atoms with Crippen molar-refractivity contribution in [2.75, 3.05) is 24.5 Å². The minimum Gasteiger partial charge on any atom is -0.341 e. The first-order chi connectivity index (χ1) is 7.77. The summed E-state index contributed by atoms with van der Waals surface area (Å²) >= 11 is 0. The third kappa shape index (κ3) is 1.76. The Hall–Kier alpha value is -1.55. The fraction of sp³-hybridized carbons (Fsp3) is 0.417. The summed E-state index contributed by atoms with van der Waals surface area (Å²) in [6.45, 7) is 4.54. The number of fused-ring (bicyclic) bond motifs is 1. The quantitative estimate of drug-likeness (QED) is 0.843. The van der Waals surface area contributed by atoms with Crippen molar-refractivity contribution in [2.45, 2.75) is 6.92 Å². The summed E-state index contributed by atoms with van der Waals surface area (Å²) in [4.78, 5) is 6.83. The van der Waals surface area contributed by atoms with Gasteiger partial charge in [-0.2, -0.15) is 0 Å². The second-order valence-electron chi connectivity index (χ2n) is 3.83. The van der Waals surface area contributed by atoms with Crippen molar-refractivity contribution < 1.29 is 0 Å². The van der Waals surface area contributed by atoms with E-state index in [0.29, 0.717) is 6.54 Å². The molecule has 4 nitrogen and oxygen atoms in total. The van der Waals surface area contributed by atoms with Crippen LogP contribution in [0.25, 0.3) is 11.0 Å². The standard InChI is InChI=1S/C12H18N4/c1-3-16(9-8-13)12-14-10-6-4-5-7-11(10)15(12)2/h4-7H,3,8-9,13H2,1-2H3. The van der Waals surface area contributed by atoms with Gasteiger partial charge in [-0.25, -0.2) is 4.98 Å². The number of anilines is 1. The number of benzene rings is 1. The molecule has 0 fully saturated rings. The molecule has 0 unspecified atom stereocenters. The number of hydrogen-bond acceptors (Lipinski definition) is 3. The number of aromatic nitrogens is 2. The molecule has 0 saturated heterocycles. The zero-order valence-electron chi connectivity index (χ0n) is 9.85. The van der Waals surface area contributed by atoms with Crippen LogP contribution in [0.15, 0.2) is 24.3 Å². The summed E-state index contributed by atoms with van der Waals surface area (Å²) in [5.41, 5.74) is 7.81. The molecule has 0 saturated carbocycles. The van der Waals surface area contributed by atoms with E-state index in [9.17, 15) is 0 Å². The molecule has 0 bridgehead atoms. The van der Waals surface area contributed by atoms with Crippen LogP contribution in [0, 0.1) is 0 Å². The van der Waals surface area contributed by atoms with Gasteiger partial charge in [0.2, 0.25) is 5.95 Å². The zero-order chi connectivity index (χ0) is 11.5. The molecular weight excluding hydrogens is 200 g/mol. The van der Waals surface area contributed by atoms with Crippen LogP contribution in [0.2, 0.25) is 0 Å². The van der Waals surface area contributed by atoms with Gasteiger partial charge in [-0.3, -0.25) is 0 Å². The Balaban J connectivity index is 2.47. The molecule has 0 radical (unpaired) electrons. The lowest BCUT2D eigenvalue weighted by molar-refractivity contribution is 0.757. The van der Waals surface area contributed by atoms with E-state index in [-0.39, 0.29) is 0 Å². The highest BCUT2D eigenvalue weighted by molar-refractivity contribution is 5.78. The van der Waals surface area contributed by atoms with Crippen molar-refractivity contribution in [1.82, 2.24) is 9.55 Å². The Morgan fingerprint density at radius 1 is 1.38 bits per heavy atom. The van der Waals surface area contributed by atoms with Gasteiger partial charge in [-0.1, -0.05) is 12.1 Å². The number of hydrogen-bond donors (Lipinski definition) is 1. The van der Waals surface area contributed by atoms with Gasteiger partial charge in [0.25, 0.3) is 0 Å². The molecule has 1 aromatic heterocycles. The highest BCUT2D eigenvalue weighted by atomic mass is 15.3. The third-order valence-corrected chi connectivity index (χ3v) is 2.83. The molecule has 0 aliphatic carbocycles. The van der Waals surface area contributed by atoms with Crippen LogP contribution in [0.5, 0.6) is 0 Å². The number of rotatable bonds is 4. The van der Waals surface area contributed by atoms with E-state index in [1.165, 1.54) is 0 Å². The topological polar surface area (TPSA) is 47.1 Å². The molecule has 0 aliphatic heterocycles. The summed E-state index contributed by atoms with van der Waals surface area (Å²) in [5.74, 6) is 0.995. The van der Waals surface area contributed by atoms with Crippen molar-refractivity contribution in [3.63, 3.8) is 0 Å². The van der Waals surface area contributed by atoms with Crippen molar-refractivity contribution in [1.29, 1.82) is 0 Å². The molecule has 2 rings (SSSR count). The van der Waals surface area contributed by atoms with Crippen LogP contribution in [-0.2, 0) is 7.05 Å². The Labute approximate surface area is 95.7 Å². The molecule has 86 valence electrons. The fourth-order valence-corrected chi connectivity index (χ4v) is 1.97. The number of nitrogens with two attached hydrogens (primary N) is 1. The van der Waals surface area contributed by atoms with Gasteiger partial charge < -0.3 is 15.2 Å². The lowest BCUT2D eigenvalue weighted by Crippen LogP contribution is -2.31. The lowest BCUT2D eigenvalue weighted by atomic mass is 10.3. The van der Waals surface area contributed by atoms with E-state index < -0.39 is 0 Å². The monoisotopic (exact) mass is 218 g/mol. The van der Waals surface area contributed by atoms with E-state index in [0.717, 1.165) is 30.1 Å². The first kappa shape index (κ1) is 11.0. The van der Waals surface area contributed by atoms with Gasteiger partial charge in [-0.15, -0.1) is 0 Å². The molecule has 2 aromatic rings. The van der Waals surface area contributed by atoms with Gasteiger partial charge in [0, 0.05) is 26.7 Å². The molecule has 16 heavy (non-hydrogen) atoms. The van der Waals surface area contributed by atoms with E-state index >= 15 is 0 Å². The molecule has 0 spiro atoms. The Morgan fingerprint density at radius 2 is 2.12 bits per heavy atom. The van der Waals surface area contributed by atoms with Crippen molar-refractivity contribution in [3.05, 3.63) is 24.3 Å². The van der Waals surface area contributed by atoms with Gasteiger partial charge in [0.15, 0.2) is 0 Å². The Bertz CT molecular complexity index is 475. The zero-order valence-corrected chi connectivity index (χ0v) is 9.85. The van der Waals surface area contributed by atoms with Crippen molar-refractivity contribution in [2.24, 2.45) is 12.8 Å². The molecule has 0 aliphatic rings. The lowest BCUT2D eigenvalue weighted by Gasteiger charge is -2.20. The van der Waals surface area contributed by atoms with Crippen LogP contribution in [0.4, 0.5) is 5.95 Å². The average Bonchev–Trinajstić information content (AvgIpc) is 2.64. The number of nitrogens with zero attached hydrogens (tertiary/aromatic N) is 3. The predicted octanol–water partition coefficient (Wildman–Crippen LogP) is 1.36. The third-order valence-electron chi connectivity index (χ3n) is 2.83. The van der Waals surface area contributed by atoms with E-state index in [1.54, 1.807) is 0 Å². The minimum atomic E-state index is 0.650. The second kappa shape index (κ2) is 4.53. The highest BCUT2D eigenvalue weighted by Gasteiger charge is 2.12. The first-order valence-corrected chi connectivity index (χ1v) is 5.64. The largest absolute Gasteiger partial charge is 0.341 e.